The largest absolute Gasteiger partial charge is 0.489 e. The second-order valence-corrected chi connectivity index (χ2v) is 6.65. The minimum absolute atomic E-state index is 0.571. The van der Waals surface area contributed by atoms with Gasteiger partial charge in [-0.25, -0.2) is 0 Å². The third kappa shape index (κ3) is 4.62. The molecule has 24 heavy (non-hydrogen) atoms. The van der Waals surface area contributed by atoms with Crippen LogP contribution in [0.5, 0.6) is 5.75 Å². The van der Waals surface area contributed by atoms with E-state index in [1.807, 2.05) is 30.3 Å². The van der Waals surface area contributed by atoms with Crippen LogP contribution >= 0.6 is 15.9 Å². The van der Waals surface area contributed by atoms with Crippen molar-refractivity contribution < 1.29 is 4.74 Å². The van der Waals surface area contributed by atoms with Gasteiger partial charge in [-0.2, -0.15) is 0 Å². The molecule has 0 heterocycles. The molecule has 0 amide bonds. The number of aryl methyl sites for hydroxylation is 1. The highest BCUT2D eigenvalue weighted by molar-refractivity contribution is 9.10. The molecule has 0 radical (unpaired) electrons. The zero-order valence-electron chi connectivity index (χ0n) is 13.6. The van der Waals surface area contributed by atoms with E-state index in [1.165, 1.54) is 16.8 Å². The summed E-state index contributed by atoms with van der Waals surface area (Å²) in [5, 5.41) is 3.48. The summed E-state index contributed by atoms with van der Waals surface area (Å²) >= 11 is 3.44. The highest BCUT2D eigenvalue weighted by Crippen LogP contribution is 2.19. The first-order valence-corrected chi connectivity index (χ1v) is 8.76. The highest BCUT2D eigenvalue weighted by Gasteiger charge is 2.00. The van der Waals surface area contributed by atoms with E-state index in [0.717, 1.165) is 22.3 Å². The summed E-state index contributed by atoms with van der Waals surface area (Å²) in [4.78, 5) is 0. The predicted molar refractivity (Wildman–Crippen MR) is 103 cm³/mol. The van der Waals surface area contributed by atoms with Crippen LogP contribution in [0.2, 0.25) is 0 Å². The molecule has 122 valence electrons. The number of hydrogen-bond acceptors (Lipinski definition) is 2. The molecule has 0 atom stereocenters. The van der Waals surface area contributed by atoms with Crippen molar-refractivity contribution in [2.75, 3.05) is 5.32 Å². The molecule has 0 saturated heterocycles. The average molecular weight is 382 g/mol. The number of rotatable bonds is 6. The molecular weight excluding hydrogens is 362 g/mol. The lowest BCUT2D eigenvalue weighted by molar-refractivity contribution is 0.306. The Balaban J connectivity index is 1.59. The molecule has 0 aliphatic carbocycles. The molecule has 3 aromatic rings. The minimum Gasteiger partial charge on any atom is -0.489 e. The van der Waals surface area contributed by atoms with Crippen LogP contribution in [0.15, 0.2) is 77.3 Å². The molecule has 0 aliphatic heterocycles. The summed E-state index contributed by atoms with van der Waals surface area (Å²) in [6, 6.07) is 24.7. The molecule has 0 saturated carbocycles. The fraction of sp³-hybridized carbons (Fsp3) is 0.143. The van der Waals surface area contributed by atoms with Crippen molar-refractivity contribution in [2.45, 2.75) is 20.1 Å². The Hall–Kier alpha value is -2.26. The summed E-state index contributed by atoms with van der Waals surface area (Å²) in [5.41, 5.74) is 4.77. The van der Waals surface area contributed by atoms with E-state index in [-0.39, 0.29) is 0 Å². The fourth-order valence-electron chi connectivity index (χ4n) is 2.46. The molecule has 1 N–H and O–H groups in total. The van der Waals surface area contributed by atoms with Crippen LogP contribution in [-0.4, -0.2) is 0 Å². The predicted octanol–water partition coefficient (Wildman–Crippen LogP) is 5.95. The van der Waals surface area contributed by atoms with Gasteiger partial charge in [0.15, 0.2) is 0 Å². The van der Waals surface area contributed by atoms with Crippen molar-refractivity contribution in [3.63, 3.8) is 0 Å². The third-order valence-electron chi connectivity index (χ3n) is 3.85. The van der Waals surface area contributed by atoms with Gasteiger partial charge in [-0.05, 0) is 53.9 Å². The van der Waals surface area contributed by atoms with Crippen LogP contribution < -0.4 is 10.1 Å². The average Bonchev–Trinajstić information content (AvgIpc) is 2.61. The number of halogens is 1. The van der Waals surface area contributed by atoms with Gasteiger partial charge in [0.1, 0.15) is 12.4 Å². The van der Waals surface area contributed by atoms with Crippen LogP contribution in [0.25, 0.3) is 0 Å². The number of hydrogen-bond donors (Lipinski definition) is 1. The van der Waals surface area contributed by atoms with E-state index in [0.29, 0.717) is 6.61 Å². The maximum absolute atomic E-state index is 5.91. The molecule has 0 fully saturated rings. The molecule has 3 aromatic carbocycles. The first kappa shape index (κ1) is 16.6. The second kappa shape index (κ2) is 8.02. The van der Waals surface area contributed by atoms with E-state index in [4.69, 9.17) is 4.74 Å². The maximum atomic E-state index is 5.91. The molecule has 3 rings (SSSR count). The zero-order chi connectivity index (χ0) is 16.8. The Morgan fingerprint density at radius 2 is 1.67 bits per heavy atom. The topological polar surface area (TPSA) is 21.3 Å². The lowest BCUT2D eigenvalue weighted by atomic mass is 10.1. The normalized spacial score (nSPS) is 10.4. The van der Waals surface area contributed by atoms with Gasteiger partial charge in [0.25, 0.3) is 0 Å². The van der Waals surface area contributed by atoms with Gasteiger partial charge >= 0.3 is 0 Å². The molecule has 2 nitrogen and oxygen atoms in total. The Morgan fingerprint density at radius 3 is 2.46 bits per heavy atom. The standard InChI is InChI=1S/C21H20BrNO/c1-16-5-2-3-8-21(16)23-14-18-6-4-7-20(13-18)24-15-17-9-11-19(22)12-10-17/h2-13,23H,14-15H2,1H3. The molecular formula is C21H20BrNO. The van der Waals surface area contributed by atoms with Crippen molar-refractivity contribution in [1.82, 2.24) is 0 Å². The van der Waals surface area contributed by atoms with Crippen molar-refractivity contribution in [2.24, 2.45) is 0 Å². The van der Waals surface area contributed by atoms with Crippen LogP contribution in [-0.2, 0) is 13.2 Å². The van der Waals surface area contributed by atoms with Crippen molar-refractivity contribution >= 4 is 21.6 Å². The van der Waals surface area contributed by atoms with Crippen molar-refractivity contribution in [3.8, 4) is 5.75 Å². The minimum atomic E-state index is 0.571. The third-order valence-corrected chi connectivity index (χ3v) is 4.37. The molecule has 0 aromatic heterocycles. The van der Waals surface area contributed by atoms with Gasteiger partial charge < -0.3 is 10.1 Å². The number of para-hydroxylation sites is 1. The van der Waals surface area contributed by atoms with Gasteiger partial charge in [0.05, 0.1) is 0 Å². The van der Waals surface area contributed by atoms with Gasteiger partial charge in [-0.15, -0.1) is 0 Å². The first-order chi connectivity index (χ1) is 11.7. The Bertz CT molecular complexity index is 799. The zero-order valence-corrected chi connectivity index (χ0v) is 15.2. The van der Waals surface area contributed by atoms with Gasteiger partial charge in [0.2, 0.25) is 0 Å². The summed E-state index contributed by atoms with van der Waals surface area (Å²) in [5.74, 6) is 0.891. The quantitative estimate of drug-likeness (QED) is 0.569. The van der Waals surface area contributed by atoms with E-state index in [9.17, 15) is 0 Å². The number of benzene rings is 3. The molecule has 0 aliphatic rings. The van der Waals surface area contributed by atoms with Crippen LogP contribution in [0, 0.1) is 6.92 Å². The van der Waals surface area contributed by atoms with Crippen LogP contribution in [0.1, 0.15) is 16.7 Å². The number of ether oxygens (including phenoxy) is 1. The molecule has 0 spiro atoms. The van der Waals surface area contributed by atoms with Gasteiger partial charge in [-0.1, -0.05) is 58.4 Å². The van der Waals surface area contributed by atoms with Gasteiger partial charge in [0, 0.05) is 16.7 Å². The summed E-state index contributed by atoms with van der Waals surface area (Å²) in [7, 11) is 0. The summed E-state index contributed by atoms with van der Waals surface area (Å²) in [6.45, 7) is 3.46. The Labute approximate surface area is 151 Å². The number of nitrogens with one attached hydrogen (secondary N) is 1. The van der Waals surface area contributed by atoms with Gasteiger partial charge in [-0.3, -0.25) is 0 Å². The van der Waals surface area contributed by atoms with Crippen LogP contribution in [0.4, 0.5) is 5.69 Å². The smallest absolute Gasteiger partial charge is 0.120 e. The van der Waals surface area contributed by atoms with E-state index in [2.05, 4.69) is 70.6 Å². The maximum Gasteiger partial charge on any atom is 0.120 e. The second-order valence-electron chi connectivity index (χ2n) is 5.73. The molecule has 0 unspecified atom stereocenters. The summed E-state index contributed by atoms with van der Waals surface area (Å²) in [6.07, 6.45) is 0. The van der Waals surface area contributed by atoms with E-state index < -0.39 is 0 Å². The molecule has 3 heteroatoms. The van der Waals surface area contributed by atoms with E-state index in [1.54, 1.807) is 0 Å². The highest BCUT2D eigenvalue weighted by atomic mass is 79.9. The fourth-order valence-corrected chi connectivity index (χ4v) is 2.73. The van der Waals surface area contributed by atoms with Crippen molar-refractivity contribution in [3.05, 3.63) is 94.0 Å². The first-order valence-electron chi connectivity index (χ1n) is 7.96. The van der Waals surface area contributed by atoms with Crippen molar-refractivity contribution in [1.29, 1.82) is 0 Å². The van der Waals surface area contributed by atoms with Crippen LogP contribution in [0.3, 0.4) is 0 Å². The SMILES string of the molecule is Cc1ccccc1NCc1cccc(OCc2ccc(Br)cc2)c1. The Kier molecular flexibility index (Phi) is 5.55. The van der Waals surface area contributed by atoms with E-state index >= 15 is 0 Å². The lowest BCUT2D eigenvalue weighted by Crippen LogP contribution is -2.01. The summed E-state index contributed by atoms with van der Waals surface area (Å²) < 4.78 is 6.98. The molecule has 0 bridgehead atoms. The Morgan fingerprint density at radius 1 is 0.875 bits per heavy atom. The number of anilines is 1. The monoisotopic (exact) mass is 381 g/mol. The lowest BCUT2D eigenvalue weighted by Gasteiger charge is -2.11.